The smallest absolute Gasteiger partial charge is 0.414 e. The summed E-state index contributed by atoms with van der Waals surface area (Å²) in [6.45, 7) is 7.50. The highest BCUT2D eigenvalue weighted by atomic mass is 16.6. The molecule has 9 heteroatoms. The van der Waals surface area contributed by atoms with E-state index in [4.69, 9.17) is 4.74 Å². The Kier molecular flexibility index (Phi) is 8.25. The number of hydrogen-bond donors (Lipinski definition) is 4. The van der Waals surface area contributed by atoms with E-state index >= 15 is 0 Å². The number of aryl methyl sites for hydroxylation is 2. The van der Waals surface area contributed by atoms with Crippen molar-refractivity contribution in [2.45, 2.75) is 46.1 Å². The predicted octanol–water partition coefficient (Wildman–Crippen LogP) is 4.17. The number of nitrogens with one attached hydrogen (secondary N) is 4. The van der Waals surface area contributed by atoms with Gasteiger partial charge in [-0.2, -0.15) is 0 Å². The molecule has 0 atom stereocenters. The highest BCUT2D eigenvalue weighted by molar-refractivity contribution is 6.09. The van der Waals surface area contributed by atoms with Gasteiger partial charge in [0, 0.05) is 23.5 Å². The van der Waals surface area contributed by atoms with Crippen LogP contribution in [0, 0.1) is 6.92 Å². The van der Waals surface area contributed by atoms with Crippen molar-refractivity contribution in [2.75, 3.05) is 11.9 Å². The summed E-state index contributed by atoms with van der Waals surface area (Å²) in [6, 6.07) is 16.8. The second kappa shape index (κ2) is 11.3. The van der Waals surface area contributed by atoms with Crippen molar-refractivity contribution in [2.24, 2.45) is 4.99 Å². The third kappa shape index (κ3) is 7.99. The van der Waals surface area contributed by atoms with Crippen LogP contribution in [-0.4, -0.2) is 39.9 Å². The minimum Gasteiger partial charge on any atom is -0.444 e. The van der Waals surface area contributed by atoms with Crippen molar-refractivity contribution in [1.82, 2.24) is 15.3 Å². The van der Waals surface area contributed by atoms with Crippen molar-refractivity contribution < 1.29 is 14.3 Å². The van der Waals surface area contributed by atoms with Gasteiger partial charge in [-0.3, -0.25) is 15.1 Å². The zero-order chi connectivity index (χ0) is 25.4. The summed E-state index contributed by atoms with van der Waals surface area (Å²) in [5, 5.41) is 5.74. The SMILES string of the molecule is Cc1[nH]c(=O)[nH]c1C(=O)c1ccc(NC(=NCCCc2ccccc2)NC(=O)OC(C)(C)C)cc1. The first-order chi connectivity index (χ1) is 16.6. The largest absolute Gasteiger partial charge is 0.444 e. The van der Waals surface area contributed by atoms with Gasteiger partial charge in [-0.25, -0.2) is 9.59 Å². The number of carbonyl (C=O) groups excluding carboxylic acids is 2. The maximum Gasteiger partial charge on any atom is 0.414 e. The van der Waals surface area contributed by atoms with Gasteiger partial charge >= 0.3 is 11.8 Å². The number of alkyl carbamates (subject to hydrolysis) is 1. The monoisotopic (exact) mass is 477 g/mol. The molecule has 3 aromatic rings. The number of aromatic nitrogens is 2. The maximum atomic E-state index is 12.7. The van der Waals surface area contributed by atoms with Crippen molar-refractivity contribution in [3.63, 3.8) is 0 Å². The van der Waals surface area contributed by atoms with E-state index in [9.17, 15) is 14.4 Å². The van der Waals surface area contributed by atoms with Crippen LogP contribution in [0.3, 0.4) is 0 Å². The Hall–Kier alpha value is -4.14. The number of imidazole rings is 1. The second-order valence-corrected chi connectivity index (χ2v) is 9.06. The van der Waals surface area contributed by atoms with Gasteiger partial charge in [0.05, 0.1) is 0 Å². The Morgan fingerprint density at radius 2 is 1.69 bits per heavy atom. The summed E-state index contributed by atoms with van der Waals surface area (Å²) in [6.07, 6.45) is 1.04. The molecule has 0 radical (unpaired) electrons. The van der Waals surface area contributed by atoms with Crippen LogP contribution >= 0.6 is 0 Å². The maximum absolute atomic E-state index is 12.7. The number of rotatable bonds is 7. The quantitative estimate of drug-likeness (QED) is 0.176. The summed E-state index contributed by atoms with van der Waals surface area (Å²) in [7, 11) is 0. The first kappa shape index (κ1) is 25.5. The molecule has 0 saturated carbocycles. The zero-order valence-electron chi connectivity index (χ0n) is 20.4. The molecule has 1 amide bonds. The van der Waals surface area contributed by atoms with Gasteiger partial charge in [0.1, 0.15) is 11.3 Å². The van der Waals surface area contributed by atoms with E-state index in [1.807, 2.05) is 18.2 Å². The van der Waals surface area contributed by atoms with Crippen LogP contribution in [0.5, 0.6) is 0 Å². The van der Waals surface area contributed by atoms with Crippen LogP contribution in [-0.2, 0) is 11.2 Å². The van der Waals surface area contributed by atoms with Crippen LogP contribution < -0.4 is 16.3 Å². The molecular weight excluding hydrogens is 446 g/mol. The average Bonchev–Trinajstić information content (AvgIpc) is 3.14. The van der Waals surface area contributed by atoms with Gasteiger partial charge in [0.2, 0.25) is 11.7 Å². The van der Waals surface area contributed by atoms with Gasteiger partial charge in [-0.1, -0.05) is 30.3 Å². The third-order valence-corrected chi connectivity index (χ3v) is 4.91. The molecule has 0 spiro atoms. The van der Waals surface area contributed by atoms with E-state index in [1.165, 1.54) is 5.56 Å². The number of amides is 1. The van der Waals surface area contributed by atoms with E-state index < -0.39 is 17.4 Å². The Bertz CT molecular complexity index is 1240. The lowest BCUT2D eigenvalue weighted by Crippen LogP contribution is -2.40. The molecule has 0 unspecified atom stereocenters. The molecule has 0 aliphatic heterocycles. The van der Waals surface area contributed by atoms with E-state index in [2.05, 4.69) is 37.7 Å². The van der Waals surface area contributed by atoms with Crippen LogP contribution in [0.4, 0.5) is 10.5 Å². The summed E-state index contributed by atoms with van der Waals surface area (Å²) in [5.74, 6) is -0.0497. The lowest BCUT2D eigenvalue weighted by Gasteiger charge is -2.20. The summed E-state index contributed by atoms with van der Waals surface area (Å²) in [4.78, 5) is 46.0. The molecule has 0 aliphatic carbocycles. The van der Waals surface area contributed by atoms with E-state index in [0.29, 0.717) is 23.5 Å². The molecule has 2 aromatic carbocycles. The van der Waals surface area contributed by atoms with E-state index in [1.54, 1.807) is 52.0 Å². The number of ketones is 1. The Balaban J connectivity index is 1.69. The van der Waals surface area contributed by atoms with Crippen LogP contribution in [0.2, 0.25) is 0 Å². The minimum atomic E-state index is -0.651. The van der Waals surface area contributed by atoms with Gasteiger partial charge in [0.15, 0.2) is 0 Å². The Morgan fingerprint density at radius 1 is 1.00 bits per heavy atom. The molecule has 0 saturated heterocycles. The molecule has 184 valence electrons. The average molecular weight is 478 g/mol. The number of H-pyrrole nitrogens is 2. The van der Waals surface area contributed by atoms with Crippen molar-refractivity contribution in [3.05, 3.63) is 87.6 Å². The number of nitrogens with zero attached hydrogens (tertiary/aromatic N) is 1. The molecule has 0 bridgehead atoms. The number of hydrogen-bond acceptors (Lipinski definition) is 5. The van der Waals surface area contributed by atoms with Gasteiger partial charge < -0.3 is 20.0 Å². The molecular formula is C26H31N5O4. The van der Waals surface area contributed by atoms with Crippen molar-refractivity contribution in [1.29, 1.82) is 0 Å². The van der Waals surface area contributed by atoms with Crippen LogP contribution in [0.15, 0.2) is 64.4 Å². The minimum absolute atomic E-state index is 0.225. The second-order valence-electron chi connectivity index (χ2n) is 9.06. The lowest BCUT2D eigenvalue weighted by molar-refractivity contribution is 0.0563. The van der Waals surface area contributed by atoms with Gasteiger partial charge in [0.25, 0.3) is 0 Å². The number of benzene rings is 2. The number of carbonyl (C=O) groups is 2. The Labute approximate surface area is 204 Å². The van der Waals surface area contributed by atoms with Crippen LogP contribution in [0.1, 0.15) is 54.5 Å². The molecule has 35 heavy (non-hydrogen) atoms. The Morgan fingerprint density at radius 3 is 2.29 bits per heavy atom. The number of aromatic amines is 2. The molecule has 0 aliphatic rings. The predicted molar refractivity (Wildman–Crippen MR) is 136 cm³/mol. The topological polar surface area (TPSA) is 128 Å². The fourth-order valence-corrected chi connectivity index (χ4v) is 3.31. The number of anilines is 1. The first-order valence-electron chi connectivity index (χ1n) is 11.4. The number of aliphatic imine (C=N–C) groups is 1. The number of ether oxygens (including phenoxy) is 1. The highest BCUT2D eigenvalue weighted by Gasteiger charge is 2.18. The molecule has 0 fully saturated rings. The van der Waals surface area contributed by atoms with E-state index in [-0.39, 0.29) is 17.4 Å². The van der Waals surface area contributed by atoms with Gasteiger partial charge in [-0.05, 0) is 70.4 Å². The fraction of sp³-hybridized carbons (Fsp3) is 0.308. The van der Waals surface area contributed by atoms with Crippen LogP contribution in [0.25, 0.3) is 0 Å². The highest BCUT2D eigenvalue weighted by Crippen LogP contribution is 2.14. The normalized spacial score (nSPS) is 11.7. The summed E-state index contributed by atoms with van der Waals surface area (Å²) >= 11 is 0. The molecule has 9 nitrogen and oxygen atoms in total. The molecule has 1 heterocycles. The third-order valence-electron chi connectivity index (χ3n) is 4.91. The van der Waals surface area contributed by atoms with Gasteiger partial charge in [-0.15, -0.1) is 0 Å². The fourth-order valence-electron chi connectivity index (χ4n) is 3.31. The number of guanidine groups is 1. The zero-order valence-corrected chi connectivity index (χ0v) is 20.4. The molecule has 3 rings (SSSR count). The summed E-state index contributed by atoms with van der Waals surface area (Å²) < 4.78 is 5.35. The first-order valence-corrected chi connectivity index (χ1v) is 11.4. The van der Waals surface area contributed by atoms with Crippen molar-refractivity contribution >= 4 is 23.5 Å². The lowest BCUT2D eigenvalue weighted by atomic mass is 10.1. The van der Waals surface area contributed by atoms with E-state index in [0.717, 1.165) is 12.8 Å². The van der Waals surface area contributed by atoms with Crippen molar-refractivity contribution in [3.8, 4) is 0 Å². The molecule has 4 N–H and O–H groups in total. The summed E-state index contributed by atoms with van der Waals surface area (Å²) in [5.41, 5.74) is 1.88. The molecule has 1 aromatic heterocycles. The standard InChI is InChI=1S/C26H31N5O4/c1-17-21(30-24(33)28-17)22(32)19-12-14-20(15-13-19)29-23(31-25(34)35-26(2,3)4)27-16-8-11-18-9-6-5-7-10-18/h5-7,9-10,12-15H,8,11,16H2,1-4H3,(H2,28,30,33)(H2,27,29,31,34).